The number of hydrogen-bond donors (Lipinski definition) is 1. The molecule has 2 aliphatic carbocycles. The van der Waals surface area contributed by atoms with Crippen LogP contribution in [-0.2, 0) is 14.3 Å². The number of fused-ring (bicyclic) bond motifs is 3. The van der Waals surface area contributed by atoms with Crippen LogP contribution in [0.15, 0.2) is 48.5 Å². The molecule has 0 saturated heterocycles. The zero-order chi connectivity index (χ0) is 18.1. The number of rotatable bonds is 5. The van der Waals surface area contributed by atoms with Gasteiger partial charge in [-0.05, 0) is 35.1 Å². The lowest BCUT2D eigenvalue weighted by atomic mass is 9.83. The fourth-order valence-electron chi connectivity index (χ4n) is 4.46. The third kappa shape index (κ3) is 2.79. The number of carboxylic acids is 1. The molecule has 1 fully saturated rings. The van der Waals surface area contributed by atoms with Gasteiger partial charge in [0.05, 0.1) is 11.8 Å². The fraction of sp³-hybridized carbons (Fsp3) is 0.364. The fourth-order valence-corrected chi connectivity index (χ4v) is 4.46. The Morgan fingerprint density at radius 2 is 1.50 bits per heavy atom. The molecule has 0 spiro atoms. The lowest BCUT2D eigenvalue weighted by Crippen LogP contribution is -2.31. The predicted molar refractivity (Wildman–Crippen MR) is 97.8 cm³/mol. The summed E-state index contributed by atoms with van der Waals surface area (Å²) >= 11 is 0. The molecule has 1 saturated carbocycles. The third-order valence-electron chi connectivity index (χ3n) is 5.87. The van der Waals surface area contributed by atoms with E-state index in [1.807, 2.05) is 24.3 Å². The van der Waals surface area contributed by atoms with Crippen LogP contribution in [0.4, 0.5) is 0 Å². The van der Waals surface area contributed by atoms with Crippen LogP contribution in [0.1, 0.15) is 49.1 Å². The van der Waals surface area contributed by atoms with Gasteiger partial charge in [-0.3, -0.25) is 9.59 Å². The summed E-state index contributed by atoms with van der Waals surface area (Å²) in [5.74, 6) is -1.27. The zero-order valence-corrected chi connectivity index (χ0v) is 14.6. The molecule has 4 rings (SSSR count). The molecule has 0 unspecified atom stereocenters. The van der Waals surface area contributed by atoms with Crippen LogP contribution in [0, 0.1) is 5.41 Å². The van der Waals surface area contributed by atoms with E-state index in [0.717, 1.165) is 24.0 Å². The summed E-state index contributed by atoms with van der Waals surface area (Å²) in [4.78, 5) is 24.0. The van der Waals surface area contributed by atoms with Gasteiger partial charge in [0.25, 0.3) is 0 Å². The minimum absolute atomic E-state index is 0.00991. The Bertz CT molecular complexity index is 803. The molecule has 2 aliphatic rings. The van der Waals surface area contributed by atoms with Gasteiger partial charge in [0.2, 0.25) is 0 Å². The number of carboxylic acid groups (broad SMARTS) is 1. The second-order valence-corrected chi connectivity index (χ2v) is 7.38. The highest BCUT2D eigenvalue weighted by molar-refractivity contribution is 5.83. The van der Waals surface area contributed by atoms with Crippen LogP contribution >= 0.6 is 0 Å². The molecule has 0 atom stereocenters. The van der Waals surface area contributed by atoms with Gasteiger partial charge in [-0.1, -0.05) is 61.4 Å². The van der Waals surface area contributed by atoms with Crippen LogP contribution in [-0.4, -0.2) is 23.7 Å². The molecule has 0 amide bonds. The molecule has 134 valence electrons. The van der Waals surface area contributed by atoms with E-state index >= 15 is 0 Å². The SMILES string of the molecule is O=C(CC1(C(=O)O)CCCC1)OCC1c2ccccc2-c2ccccc21. The molecule has 0 bridgehead atoms. The Balaban J connectivity index is 1.50. The molecule has 4 nitrogen and oxygen atoms in total. The van der Waals surface area contributed by atoms with E-state index in [1.165, 1.54) is 11.1 Å². The van der Waals surface area contributed by atoms with Crippen LogP contribution in [0.2, 0.25) is 0 Å². The highest BCUT2D eigenvalue weighted by Crippen LogP contribution is 2.45. The number of esters is 1. The summed E-state index contributed by atoms with van der Waals surface area (Å²) in [6, 6.07) is 16.4. The van der Waals surface area contributed by atoms with Crippen LogP contribution in [0.25, 0.3) is 11.1 Å². The van der Waals surface area contributed by atoms with Crippen molar-refractivity contribution in [1.29, 1.82) is 0 Å². The normalized spacial score (nSPS) is 17.5. The second-order valence-electron chi connectivity index (χ2n) is 7.38. The molecule has 0 aromatic heterocycles. The van der Waals surface area contributed by atoms with Crippen molar-refractivity contribution in [1.82, 2.24) is 0 Å². The van der Waals surface area contributed by atoms with Crippen molar-refractivity contribution in [3.8, 4) is 11.1 Å². The summed E-state index contributed by atoms with van der Waals surface area (Å²) in [6.45, 7) is 0.253. The van der Waals surface area contributed by atoms with Crippen LogP contribution in [0.5, 0.6) is 0 Å². The first-order valence-electron chi connectivity index (χ1n) is 9.18. The van der Waals surface area contributed by atoms with E-state index in [1.54, 1.807) is 0 Å². The van der Waals surface area contributed by atoms with E-state index in [9.17, 15) is 14.7 Å². The Labute approximate surface area is 152 Å². The van der Waals surface area contributed by atoms with Gasteiger partial charge in [-0.25, -0.2) is 0 Å². The average Bonchev–Trinajstić information content (AvgIpc) is 3.24. The number of hydrogen-bond acceptors (Lipinski definition) is 3. The molecular formula is C22H22O4. The Hall–Kier alpha value is -2.62. The van der Waals surface area contributed by atoms with Crippen molar-refractivity contribution >= 4 is 11.9 Å². The van der Waals surface area contributed by atoms with Crippen molar-refractivity contribution in [2.24, 2.45) is 5.41 Å². The predicted octanol–water partition coefficient (Wildman–Crippen LogP) is 4.38. The largest absolute Gasteiger partial charge is 0.481 e. The zero-order valence-electron chi connectivity index (χ0n) is 14.6. The maximum Gasteiger partial charge on any atom is 0.310 e. The summed E-state index contributed by atoms with van der Waals surface area (Å²) < 4.78 is 5.57. The van der Waals surface area contributed by atoms with E-state index in [0.29, 0.717) is 12.8 Å². The van der Waals surface area contributed by atoms with Crippen molar-refractivity contribution in [2.75, 3.05) is 6.61 Å². The van der Waals surface area contributed by atoms with E-state index in [2.05, 4.69) is 24.3 Å². The maximum atomic E-state index is 12.4. The van der Waals surface area contributed by atoms with Crippen molar-refractivity contribution in [3.05, 3.63) is 59.7 Å². The topological polar surface area (TPSA) is 63.6 Å². The molecular weight excluding hydrogens is 328 g/mol. The highest BCUT2D eigenvalue weighted by Gasteiger charge is 2.43. The molecule has 0 aliphatic heterocycles. The highest BCUT2D eigenvalue weighted by atomic mass is 16.5. The van der Waals surface area contributed by atoms with E-state index < -0.39 is 17.4 Å². The summed E-state index contributed by atoms with van der Waals surface area (Å²) in [7, 11) is 0. The molecule has 0 heterocycles. The van der Waals surface area contributed by atoms with Gasteiger partial charge >= 0.3 is 11.9 Å². The second kappa shape index (κ2) is 6.60. The minimum atomic E-state index is -0.928. The first-order chi connectivity index (χ1) is 12.6. The van der Waals surface area contributed by atoms with Gasteiger partial charge in [-0.15, -0.1) is 0 Å². The Kier molecular flexibility index (Phi) is 4.27. The summed E-state index contributed by atoms with van der Waals surface area (Å²) in [6.07, 6.45) is 2.82. The van der Waals surface area contributed by atoms with E-state index in [4.69, 9.17) is 4.74 Å². The van der Waals surface area contributed by atoms with Gasteiger partial charge in [0.1, 0.15) is 6.61 Å². The molecule has 0 radical (unpaired) electrons. The van der Waals surface area contributed by atoms with Gasteiger partial charge in [0, 0.05) is 5.92 Å². The standard InChI is InChI=1S/C22H22O4/c23-20(13-22(21(24)25)11-5-6-12-22)26-14-19-17-9-3-1-7-15(17)16-8-2-4-10-18(16)19/h1-4,7-10,19H,5-6,11-14H2,(H,24,25). The smallest absolute Gasteiger partial charge is 0.310 e. The summed E-state index contributed by atoms with van der Waals surface area (Å²) in [5.41, 5.74) is 3.76. The van der Waals surface area contributed by atoms with Crippen molar-refractivity contribution in [3.63, 3.8) is 0 Å². The Morgan fingerprint density at radius 1 is 0.962 bits per heavy atom. The first-order valence-corrected chi connectivity index (χ1v) is 9.18. The quantitative estimate of drug-likeness (QED) is 0.813. The van der Waals surface area contributed by atoms with E-state index in [-0.39, 0.29) is 18.9 Å². The summed E-state index contributed by atoms with van der Waals surface area (Å²) in [5, 5.41) is 9.54. The number of benzene rings is 2. The van der Waals surface area contributed by atoms with Gasteiger partial charge in [-0.2, -0.15) is 0 Å². The first kappa shape index (κ1) is 16.8. The van der Waals surface area contributed by atoms with Crippen molar-refractivity contribution in [2.45, 2.75) is 38.0 Å². The number of carbonyl (C=O) groups excluding carboxylic acids is 1. The lowest BCUT2D eigenvalue weighted by Gasteiger charge is -2.23. The third-order valence-corrected chi connectivity index (χ3v) is 5.87. The maximum absolute atomic E-state index is 12.4. The number of carbonyl (C=O) groups is 2. The van der Waals surface area contributed by atoms with Crippen LogP contribution < -0.4 is 0 Å². The minimum Gasteiger partial charge on any atom is -0.481 e. The van der Waals surface area contributed by atoms with Gasteiger partial charge in [0.15, 0.2) is 0 Å². The molecule has 1 N–H and O–H groups in total. The Morgan fingerprint density at radius 3 is 2.04 bits per heavy atom. The van der Waals surface area contributed by atoms with Gasteiger partial charge < -0.3 is 9.84 Å². The lowest BCUT2D eigenvalue weighted by molar-refractivity contribution is -0.158. The van der Waals surface area contributed by atoms with Crippen molar-refractivity contribution < 1.29 is 19.4 Å². The number of ether oxygens (including phenoxy) is 1. The number of aliphatic carboxylic acids is 1. The molecule has 26 heavy (non-hydrogen) atoms. The van der Waals surface area contributed by atoms with Crippen LogP contribution in [0.3, 0.4) is 0 Å². The molecule has 2 aromatic carbocycles. The molecule has 4 heteroatoms. The average molecular weight is 350 g/mol. The monoisotopic (exact) mass is 350 g/mol. The molecule has 2 aromatic rings.